The third kappa shape index (κ3) is 2.04. The van der Waals surface area contributed by atoms with Gasteiger partial charge in [0.25, 0.3) is 0 Å². The summed E-state index contributed by atoms with van der Waals surface area (Å²) in [5.41, 5.74) is 2.21. The standard InChI is InChI=1S/C12H13N3O2/c1-8-9(11-13-7-15(2)14-11)5-4-6-10(8)12(16)17-3/h4-7H,1-3H3. The normalized spacial score (nSPS) is 10.3. The topological polar surface area (TPSA) is 57.0 Å². The van der Waals surface area contributed by atoms with E-state index in [4.69, 9.17) is 4.74 Å². The first-order chi connectivity index (χ1) is 8.13. The van der Waals surface area contributed by atoms with Crippen LogP contribution in [0.2, 0.25) is 0 Å². The first-order valence-corrected chi connectivity index (χ1v) is 5.17. The van der Waals surface area contributed by atoms with Crippen molar-refractivity contribution in [2.75, 3.05) is 7.11 Å². The lowest BCUT2D eigenvalue weighted by atomic mass is 10.0. The van der Waals surface area contributed by atoms with Gasteiger partial charge in [0.15, 0.2) is 5.82 Å². The molecule has 0 N–H and O–H groups in total. The molecule has 0 atom stereocenters. The van der Waals surface area contributed by atoms with Crippen molar-refractivity contribution in [3.63, 3.8) is 0 Å². The molecule has 0 saturated carbocycles. The Morgan fingerprint density at radius 1 is 1.41 bits per heavy atom. The fraction of sp³-hybridized carbons (Fsp3) is 0.250. The Balaban J connectivity index is 2.53. The van der Waals surface area contributed by atoms with E-state index in [1.807, 2.05) is 13.0 Å². The number of hydrogen-bond acceptors (Lipinski definition) is 4. The fourth-order valence-corrected chi connectivity index (χ4v) is 1.67. The van der Waals surface area contributed by atoms with Gasteiger partial charge in [0.1, 0.15) is 6.33 Å². The zero-order valence-corrected chi connectivity index (χ0v) is 9.97. The average Bonchev–Trinajstić information content (AvgIpc) is 2.75. The number of benzene rings is 1. The molecular formula is C12H13N3O2. The Kier molecular flexibility index (Phi) is 2.91. The van der Waals surface area contributed by atoms with Crippen LogP contribution in [0.15, 0.2) is 24.5 Å². The van der Waals surface area contributed by atoms with Gasteiger partial charge in [-0.1, -0.05) is 12.1 Å². The summed E-state index contributed by atoms with van der Waals surface area (Å²) in [6, 6.07) is 5.41. The Labute approximate surface area is 99.1 Å². The lowest BCUT2D eigenvalue weighted by Gasteiger charge is -2.06. The molecule has 0 fully saturated rings. The van der Waals surface area contributed by atoms with Crippen LogP contribution < -0.4 is 0 Å². The van der Waals surface area contributed by atoms with E-state index in [1.165, 1.54) is 7.11 Å². The maximum Gasteiger partial charge on any atom is 0.338 e. The molecule has 0 amide bonds. The lowest BCUT2D eigenvalue weighted by Crippen LogP contribution is -2.04. The Morgan fingerprint density at radius 2 is 2.18 bits per heavy atom. The van der Waals surface area contributed by atoms with E-state index in [0.29, 0.717) is 11.4 Å². The van der Waals surface area contributed by atoms with Crippen molar-refractivity contribution in [3.05, 3.63) is 35.7 Å². The Hall–Kier alpha value is -2.17. The average molecular weight is 231 g/mol. The van der Waals surface area contributed by atoms with Gasteiger partial charge in [-0.2, -0.15) is 5.10 Å². The number of aryl methyl sites for hydroxylation is 1. The molecule has 0 bridgehead atoms. The van der Waals surface area contributed by atoms with Gasteiger partial charge in [-0.25, -0.2) is 9.78 Å². The predicted octanol–water partition coefficient (Wildman–Crippen LogP) is 1.58. The SMILES string of the molecule is COC(=O)c1cccc(-c2ncn(C)n2)c1C. The third-order valence-corrected chi connectivity index (χ3v) is 2.58. The maximum absolute atomic E-state index is 11.6. The Morgan fingerprint density at radius 3 is 2.76 bits per heavy atom. The zero-order chi connectivity index (χ0) is 12.4. The number of methoxy groups -OCH3 is 1. The van der Waals surface area contributed by atoms with E-state index in [1.54, 1.807) is 30.2 Å². The minimum atomic E-state index is -0.347. The van der Waals surface area contributed by atoms with Gasteiger partial charge in [-0.05, 0) is 18.6 Å². The zero-order valence-electron chi connectivity index (χ0n) is 9.97. The van der Waals surface area contributed by atoms with Gasteiger partial charge in [-0.3, -0.25) is 4.68 Å². The molecule has 0 saturated heterocycles. The van der Waals surface area contributed by atoms with Crippen molar-refractivity contribution in [1.82, 2.24) is 14.8 Å². The first-order valence-electron chi connectivity index (χ1n) is 5.17. The number of carbonyl (C=O) groups excluding carboxylic acids is 1. The summed E-state index contributed by atoms with van der Waals surface area (Å²) < 4.78 is 6.35. The lowest BCUT2D eigenvalue weighted by molar-refractivity contribution is 0.0600. The summed E-state index contributed by atoms with van der Waals surface area (Å²) in [5, 5.41) is 4.22. The summed E-state index contributed by atoms with van der Waals surface area (Å²) in [6.45, 7) is 1.86. The molecule has 1 aromatic heterocycles. The second kappa shape index (κ2) is 4.37. The number of hydrogen-bond donors (Lipinski definition) is 0. The van der Waals surface area contributed by atoms with E-state index in [-0.39, 0.29) is 5.97 Å². The summed E-state index contributed by atoms with van der Waals surface area (Å²) in [4.78, 5) is 15.7. The molecule has 5 heteroatoms. The van der Waals surface area contributed by atoms with Crippen LogP contribution in [0.4, 0.5) is 0 Å². The maximum atomic E-state index is 11.6. The van der Waals surface area contributed by atoms with Gasteiger partial charge in [0, 0.05) is 12.6 Å². The number of nitrogens with zero attached hydrogens (tertiary/aromatic N) is 3. The van der Waals surface area contributed by atoms with Crippen LogP contribution >= 0.6 is 0 Å². The summed E-state index contributed by atoms with van der Waals surface area (Å²) >= 11 is 0. The number of carbonyl (C=O) groups is 1. The molecule has 88 valence electrons. The van der Waals surface area contributed by atoms with Crippen LogP contribution in [-0.2, 0) is 11.8 Å². The van der Waals surface area contributed by atoms with Crippen molar-refractivity contribution in [2.24, 2.45) is 7.05 Å². The van der Waals surface area contributed by atoms with Gasteiger partial charge in [0.2, 0.25) is 0 Å². The van der Waals surface area contributed by atoms with Crippen molar-refractivity contribution < 1.29 is 9.53 Å². The highest BCUT2D eigenvalue weighted by molar-refractivity contribution is 5.92. The van der Waals surface area contributed by atoms with Crippen LogP contribution in [0, 0.1) is 6.92 Å². The smallest absolute Gasteiger partial charge is 0.338 e. The van der Waals surface area contributed by atoms with Gasteiger partial charge >= 0.3 is 5.97 Å². The third-order valence-electron chi connectivity index (χ3n) is 2.58. The minimum absolute atomic E-state index is 0.347. The molecule has 0 spiro atoms. The van der Waals surface area contributed by atoms with E-state index in [2.05, 4.69) is 10.1 Å². The minimum Gasteiger partial charge on any atom is -0.465 e. The van der Waals surface area contributed by atoms with E-state index in [0.717, 1.165) is 11.1 Å². The number of ether oxygens (including phenoxy) is 1. The quantitative estimate of drug-likeness (QED) is 0.736. The molecular weight excluding hydrogens is 218 g/mol. The second-order valence-electron chi connectivity index (χ2n) is 3.71. The van der Waals surface area contributed by atoms with E-state index < -0.39 is 0 Å². The number of esters is 1. The van der Waals surface area contributed by atoms with Gasteiger partial charge in [0.05, 0.1) is 12.7 Å². The van der Waals surface area contributed by atoms with Crippen molar-refractivity contribution in [3.8, 4) is 11.4 Å². The molecule has 0 aliphatic carbocycles. The molecule has 0 aliphatic rings. The fourth-order valence-electron chi connectivity index (χ4n) is 1.67. The van der Waals surface area contributed by atoms with Gasteiger partial charge in [-0.15, -0.1) is 0 Å². The summed E-state index contributed by atoms with van der Waals surface area (Å²) in [7, 11) is 3.17. The highest BCUT2D eigenvalue weighted by atomic mass is 16.5. The number of rotatable bonds is 2. The molecule has 17 heavy (non-hydrogen) atoms. The van der Waals surface area contributed by atoms with Crippen LogP contribution in [-0.4, -0.2) is 27.8 Å². The van der Waals surface area contributed by atoms with E-state index >= 15 is 0 Å². The summed E-state index contributed by atoms with van der Waals surface area (Å²) in [5.74, 6) is 0.260. The molecule has 0 radical (unpaired) electrons. The highest BCUT2D eigenvalue weighted by Crippen LogP contribution is 2.22. The van der Waals surface area contributed by atoms with Crippen LogP contribution in [0.5, 0.6) is 0 Å². The summed E-state index contributed by atoms with van der Waals surface area (Å²) in [6.07, 6.45) is 1.62. The molecule has 2 aromatic rings. The second-order valence-corrected chi connectivity index (χ2v) is 3.71. The van der Waals surface area contributed by atoms with Gasteiger partial charge < -0.3 is 4.74 Å². The Bertz CT molecular complexity index is 561. The van der Waals surface area contributed by atoms with E-state index in [9.17, 15) is 4.79 Å². The van der Waals surface area contributed by atoms with Crippen LogP contribution in [0.3, 0.4) is 0 Å². The molecule has 0 aliphatic heterocycles. The predicted molar refractivity (Wildman–Crippen MR) is 62.5 cm³/mol. The molecule has 0 unspecified atom stereocenters. The van der Waals surface area contributed by atoms with Crippen molar-refractivity contribution >= 4 is 5.97 Å². The first kappa shape index (κ1) is 11.3. The molecule has 2 rings (SSSR count). The number of aromatic nitrogens is 3. The monoisotopic (exact) mass is 231 g/mol. The van der Waals surface area contributed by atoms with Crippen LogP contribution in [0.1, 0.15) is 15.9 Å². The van der Waals surface area contributed by atoms with Crippen LogP contribution in [0.25, 0.3) is 11.4 Å². The van der Waals surface area contributed by atoms with Crippen molar-refractivity contribution in [1.29, 1.82) is 0 Å². The molecule has 5 nitrogen and oxygen atoms in total. The van der Waals surface area contributed by atoms with Crippen molar-refractivity contribution in [2.45, 2.75) is 6.92 Å². The molecule has 1 heterocycles. The molecule has 1 aromatic carbocycles. The highest BCUT2D eigenvalue weighted by Gasteiger charge is 2.14. The largest absolute Gasteiger partial charge is 0.465 e.